The first-order valence-electron chi connectivity index (χ1n) is 8.76. The molecule has 1 aromatic heterocycles. The van der Waals surface area contributed by atoms with E-state index in [2.05, 4.69) is 11.6 Å². The summed E-state index contributed by atoms with van der Waals surface area (Å²) < 4.78 is 58.2. The Morgan fingerprint density at radius 3 is 2.53 bits per heavy atom. The highest BCUT2D eigenvalue weighted by Crippen LogP contribution is 2.26. The largest absolute Gasteiger partial charge is 0.491 e. The van der Waals surface area contributed by atoms with Crippen LogP contribution in [0.3, 0.4) is 0 Å². The summed E-state index contributed by atoms with van der Waals surface area (Å²) in [7, 11) is -4.34. The lowest BCUT2D eigenvalue weighted by Gasteiger charge is -2.29. The number of halogens is 2. The van der Waals surface area contributed by atoms with Gasteiger partial charge in [-0.1, -0.05) is 12.6 Å². The van der Waals surface area contributed by atoms with Crippen LogP contribution in [-0.4, -0.2) is 48.1 Å². The van der Waals surface area contributed by atoms with E-state index < -0.39 is 40.9 Å². The third-order valence-corrected chi connectivity index (χ3v) is 5.88. The zero-order valence-corrected chi connectivity index (χ0v) is 16.7. The number of benzene rings is 1. The molecule has 8 nitrogen and oxygen atoms in total. The van der Waals surface area contributed by atoms with E-state index in [4.69, 9.17) is 9.94 Å². The molecule has 0 aliphatic heterocycles. The van der Waals surface area contributed by atoms with Crippen LogP contribution >= 0.6 is 0 Å². The first kappa shape index (κ1) is 23.4. The summed E-state index contributed by atoms with van der Waals surface area (Å²) in [6.45, 7) is 1.88. The first-order valence-corrected chi connectivity index (χ1v) is 10.2. The molecule has 0 aliphatic rings. The summed E-state index contributed by atoms with van der Waals surface area (Å²) in [5.41, 5.74) is 1.80. The second-order valence-electron chi connectivity index (χ2n) is 6.13. The van der Waals surface area contributed by atoms with Crippen molar-refractivity contribution in [3.63, 3.8) is 0 Å². The molecular weight excluding hydrogens is 420 g/mol. The van der Waals surface area contributed by atoms with Crippen molar-refractivity contribution in [2.75, 3.05) is 13.3 Å². The Hall–Kier alpha value is -2.89. The summed E-state index contributed by atoms with van der Waals surface area (Å²) >= 11 is 0. The fourth-order valence-corrected chi connectivity index (χ4v) is 4.22. The number of alkyl halides is 1. The fraction of sp³-hybridized carbons (Fsp3) is 0.263. The normalized spacial score (nSPS) is 12.4. The van der Waals surface area contributed by atoms with Crippen LogP contribution in [0, 0.1) is 0 Å². The van der Waals surface area contributed by atoms with Crippen LogP contribution in [0.1, 0.15) is 12.0 Å². The van der Waals surface area contributed by atoms with Crippen molar-refractivity contribution in [2.24, 2.45) is 0 Å². The van der Waals surface area contributed by atoms with Crippen molar-refractivity contribution >= 4 is 15.9 Å². The average Bonchev–Trinajstić information content (AvgIpc) is 2.74. The van der Waals surface area contributed by atoms with Gasteiger partial charge in [-0.3, -0.25) is 15.0 Å². The number of rotatable bonds is 11. The standard InChI is InChI=1S/C19H21F2N3O5S/c1-14(21)11-18(19(25)23-26)24(13-15-3-2-9-22-12-15)30(27,28)17-6-4-16(5-7-17)29-10-8-20/h2-7,9,12,18,26H,1,8,10-11,13H2,(H,23,25)/t18-/m1/s1. The van der Waals surface area contributed by atoms with Crippen molar-refractivity contribution in [1.29, 1.82) is 0 Å². The highest BCUT2D eigenvalue weighted by Gasteiger charge is 2.36. The Balaban J connectivity index is 2.47. The molecule has 0 bridgehead atoms. The number of hydrogen-bond acceptors (Lipinski definition) is 6. The third-order valence-electron chi connectivity index (χ3n) is 4.01. The van der Waals surface area contributed by atoms with E-state index in [1.165, 1.54) is 42.1 Å². The third kappa shape index (κ3) is 6.05. The summed E-state index contributed by atoms with van der Waals surface area (Å²) in [6, 6.07) is 6.66. The minimum Gasteiger partial charge on any atom is -0.491 e. The first-order chi connectivity index (χ1) is 14.3. The number of nitrogens with zero attached hydrogens (tertiary/aromatic N) is 2. The minimum absolute atomic E-state index is 0.184. The molecule has 0 saturated carbocycles. The van der Waals surface area contributed by atoms with E-state index in [-0.39, 0.29) is 23.8 Å². The monoisotopic (exact) mass is 441 g/mol. The molecule has 0 spiro atoms. The zero-order chi connectivity index (χ0) is 22.1. The second-order valence-corrected chi connectivity index (χ2v) is 8.02. The van der Waals surface area contributed by atoms with Gasteiger partial charge in [-0.25, -0.2) is 22.7 Å². The predicted octanol–water partition coefficient (Wildman–Crippen LogP) is 2.37. The zero-order valence-electron chi connectivity index (χ0n) is 15.9. The van der Waals surface area contributed by atoms with Gasteiger partial charge in [0.2, 0.25) is 10.0 Å². The van der Waals surface area contributed by atoms with Crippen LogP contribution < -0.4 is 10.2 Å². The molecule has 0 unspecified atom stereocenters. The second kappa shape index (κ2) is 10.8. The number of hydroxylamine groups is 1. The molecule has 30 heavy (non-hydrogen) atoms. The van der Waals surface area contributed by atoms with Gasteiger partial charge < -0.3 is 4.74 Å². The number of pyridine rings is 1. The van der Waals surface area contributed by atoms with Gasteiger partial charge in [-0.05, 0) is 35.9 Å². The van der Waals surface area contributed by atoms with E-state index in [1.807, 2.05) is 0 Å². The molecule has 162 valence electrons. The smallest absolute Gasteiger partial charge is 0.262 e. The Morgan fingerprint density at radius 1 is 1.30 bits per heavy atom. The molecule has 0 fully saturated rings. The Bertz CT molecular complexity index is 956. The molecule has 2 N–H and O–H groups in total. The van der Waals surface area contributed by atoms with Gasteiger partial charge >= 0.3 is 0 Å². The summed E-state index contributed by atoms with van der Waals surface area (Å²) in [5.74, 6) is -1.80. The van der Waals surface area contributed by atoms with Crippen molar-refractivity contribution in [1.82, 2.24) is 14.8 Å². The molecule has 1 atom stereocenters. The lowest BCUT2D eigenvalue weighted by molar-refractivity contribution is -0.133. The molecule has 0 aliphatic carbocycles. The van der Waals surface area contributed by atoms with E-state index >= 15 is 0 Å². The number of sulfonamides is 1. The molecule has 0 radical (unpaired) electrons. The number of aromatic nitrogens is 1. The van der Waals surface area contributed by atoms with Gasteiger partial charge in [-0.2, -0.15) is 4.31 Å². The lowest BCUT2D eigenvalue weighted by atomic mass is 10.1. The number of carbonyl (C=O) groups excluding carboxylic acids is 1. The molecular formula is C19H21F2N3O5S. The fourth-order valence-electron chi connectivity index (χ4n) is 2.64. The van der Waals surface area contributed by atoms with E-state index in [0.29, 0.717) is 5.56 Å². The van der Waals surface area contributed by atoms with Gasteiger partial charge in [0.1, 0.15) is 25.1 Å². The minimum atomic E-state index is -4.34. The van der Waals surface area contributed by atoms with Gasteiger partial charge in [0.25, 0.3) is 5.91 Å². The molecule has 1 amide bonds. The van der Waals surface area contributed by atoms with Crippen LogP contribution in [0.25, 0.3) is 0 Å². The Morgan fingerprint density at radius 2 is 2.00 bits per heavy atom. The molecule has 2 rings (SSSR count). The highest BCUT2D eigenvalue weighted by molar-refractivity contribution is 7.89. The quantitative estimate of drug-likeness (QED) is 0.409. The predicted molar refractivity (Wildman–Crippen MR) is 103 cm³/mol. The maximum absolute atomic E-state index is 13.6. The van der Waals surface area contributed by atoms with Crippen molar-refractivity contribution in [3.8, 4) is 5.75 Å². The van der Waals surface area contributed by atoms with E-state index in [0.717, 1.165) is 4.31 Å². The van der Waals surface area contributed by atoms with Crippen LogP contribution in [-0.2, 0) is 21.4 Å². The van der Waals surface area contributed by atoms with Crippen LogP contribution in [0.15, 0.2) is 66.1 Å². The van der Waals surface area contributed by atoms with Gasteiger partial charge in [0.05, 0.1) is 10.7 Å². The topological polar surface area (TPSA) is 109 Å². The van der Waals surface area contributed by atoms with E-state index in [9.17, 15) is 22.0 Å². The van der Waals surface area contributed by atoms with Crippen molar-refractivity contribution < 1.29 is 31.9 Å². The summed E-state index contributed by atoms with van der Waals surface area (Å²) in [5, 5.41) is 9.06. The molecule has 1 heterocycles. The van der Waals surface area contributed by atoms with Gasteiger partial charge in [0.15, 0.2) is 0 Å². The van der Waals surface area contributed by atoms with Crippen molar-refractivity contribution in [2.45, 2.75) is 23.9 Å². The average molecular weight is 441 g/mol. The highest BCUT2D eigenvalue weighted by atomic mass is 32.2. The Labute approximate surface area is 172 Å². The number of nitrogens with one attached hydrogen (secondary N) is 1. The molecule has 2 aromatic rings. The van der Waals surface area contributed by atoms with Crippen molar-refractivity contribution in [3.05, 3.63) is 66.8 Å². The van der Waals surface area contributed by atoms with Crippen LogP contribution in [0.5, 0.6) is 5.75 Å². The van der Waals surface area contributed by atoms with Gasteiger partial charge in [0, 0.05) is 25.4 Å². The number of carbonyl (C=O) groups is 1. The molecule has 0 saturated heterocycles. The van der Waals surface area contributed by atoms with E-state index in [1.54, 1.807) is 12.1 Å². The summed E-state index contributed by atoms with van der Waals surface area (Å²) in [6.07, 6.45) is 2.22. The maximum atomic E-state index is 13.6. The van der Waals surface area contributed by atoms with Crippen LogP contribution in [0.4, 0.5) is 8.78 Å². The summed E-state index contributed by atoms with van der Waals surface area (Å²) in [4.78, 5) is 15.9. The lowest BCUT2D eigenvalue weighted by Crippen LogP contribution is -2.48. The molecule has 1 aromatic carbocycles. The maximum Gasteiger partial charge on any atom is 0.262 e. The van der Waals surface area contributed by atoms with Crippen LogP contribution in [0.2, 0.25) is 0 Å². The van der Waals surface area contributed by atoms with Gasteiger partial charge in [-0.15, -0.1) is 0 Å². The molecule has 11 heteroatoms. The number of amides is 1. The SMILES string of the molecule is C=C(F)C[C@H](C(=O)NO)N(Cc1cccnc1)S(=O)(=O)c1ccc(OCCF)cc1. The number of ether oxygens (including phenoxy) is 1. The Kier molecular flexibility index (Phi) is 8.39. The number of hydrogen-bond donors (Lipinski definition) is 2.